The fraction of sp³-hybridized carbons (Fsp3) is 0.833. The molecular weight excluding hydrogens is 120 g/mol. The average molecular weight is 132 g/mol. The van der Waals surface area contributed by atoms with Crippen molar-refractivity contribution in [2.24, 2.45) is 0 Å². The Kier molecular flexibility index (Phi) is 3.42. The molecule has 0 bridgehead atoms. The maximum Gasteiger partial charge on any atom is 0.153 e. The van der Waals surface area contributed by atoms with E-state index in [9.17, 15) is 4.79 Å². The number of ether oxygens (including phenoxy) is 2. The highest BCUT2D eigenvalue weighted by Crippen LogP contribution is 2.03. The predicted octanol–water partition coefficient (Wildman–Crippen LogP) is 0.237. The Morgan fingerprint density at radius 3 is 2.22 bits per heavy atom. The molecule has 0 aliphatic carbocycles. The van der Waals surface area contributed by atoms with Crippen LogP contribution >= 0.6 is 0 Å². The third-order valence-electron chi connectivity index (χ3n) is 1.15. The lowest BCUT2D eigenvalue weighted by Gasteiger charge is -2.19. The number of carbonyl (C=O) groups is 1. The summed E-state index contributed by atoms with van der Waals surface area (Å²) in [6, 6.07) is 0. The lowest BCUT2D eigenvalue weighted by Crippen LogP contribution is -2.34. The minimum Gasteiger partial charge on any atom is -0.381 e. The zero-order chi connectivity index (χ0) is 7.33. The van der Waals surface area contributed by atoms with Gasteiger partial charge >= 0.3 is 0 Å². The molecule has 54 valence electrons. The van der Waals surface area contributed by atoms with E-state index in [2.05, 4.69) is 0 Å². The Bertz CT molecular complexity index is 92.3. The van der Waals surface area contributed by atoms with E-state index in [0.717, 1.165) is 6.29 Å². The van der Waals surface area contributed by atoms with Gasteiger partial charge in [-0.2, -0.15) is 0 Å². The fourth-order valence-electron chi connectivity index (χ4n) is 0.428. The normalized spacial score (nSPS) is 16.8. The second kappa shape index (κ2) is 3.58. The molecule has 0 heterocycles. The van der Waals surface area contributed by atoms with Crippen molar-refractivity contribution < 1.29 is 14.3 Å². The summed E-state index contributed by atoms with van der Waals surface area (Å²) in [7, 11) is 3.01. The van der Waals surface area contributed by atoms with E-state index in [-0.39, 0.29) is 0 Å². The average Bonchev–Trinajstić information content (AvgIpc) is 1.89. The van der Waals surface area contributed by atoms with Crippen LogP contribution in [0.5, 0.6) is 0 Å². The maximum atomic E-state index is 10.2. The van der Waals surface area contributed by atoms with Gasteiger partial charge in [-0.3, -0.25) is 0 Å². The summed E-state index contributed by atoms with van der Waals surface area (Å²) >= 11 is 0. The molecule has 0 rings (SSSR count). The van der Waals surface area contributed by atoms with Crippen molar-refractivity contribution in [1.82, 2.24) is 0 Å². The van der Waals surface area contributed by atoms with Gasteiger partial charge in [-0.05, 0) is 6.92 Å². The molecule has 0 radical (unpaired) electrons. The smallest absolute Gasteiger partial charge is 0.153 e. The molecule has 3 nitrogen and oxygen atoms in total. The highest BCUT2D eigenvalue weighted by atomic mass is 16.5. The van der Waals surface area contributed by atoms with Crippen molar-refractivity contribution in [1.29, 1.82) is 0 Å². The molecule has 0 saturated carbocycles. The molecule has 0 saturated heterocycles. The van der Waals surface area contributed by atoms with Crippen molar-refractivity contribution in [3.63, 3.8) is 0 Å². The van der Waals surface area contributed by atoms with Crippen LogP contribution in [0.4, 0.5) is 0 Å². The second-order valence-electron chi connectivity index (χ2n) is 2.07. The van der Waals surface area contributed by atoms with Crippen LogP contribution in [0.1, 0.15) is 6.92 Å². The van der Waals surface area contributed by atoms with Crippen LogP contribution < -0.4 is 0 Å². The maximum absolute atomic E-state index is 10.2. The van der Waals surface area contributed by atoms with Crippen molar-refractivity contribution >= 4 is 6.29 Å². The van der Waals surface area contributed by atoms with Gasteiger partial charge in [0.1, 0.15) is 5.60 Å². The molecule has 3 heteroatoms. The van der Waals surface area contributed by atoms with Crippen molar-refractivity contribution in [2.75, 3.05) is 20.8 Å². The first kappa shape index (κ1) is 8.59. The Morgan fingerprint density at radius 1 is 1.56 bits per heavy atom. The Morgan fingerprint density at radius 2 is 2.11 bits per heavy atom. The van der Waals surface area contributed by atoms with Gasteiger partial charge in [-0.15, -0.1) is 0 Å². The molecule has 0 aromatic heterocycles. The van der Waals surface area contributed by atoms with Crippen LogP contribution in [0.15, 0.2) is 0 Å². The largest absolute Gasteiger partial charge is 0.381 e. The number of hydrogen-bond acceptors (Lipinski definition) is 3. The van der Waals surface area contributed by atoms with Crippen LogP contribution in [-0.4, -0.2) is 32.7 Å². The minimum atomic E-state index is -0.769. The molecule has 0 aromatic carbocycles. The summed E-state index contributed by atoms with van der Waals surface area (Å²) in [5.41, 5.74) is -0.769. The molecule has 0 fully saturated rings. The first-order valence-corrected chi connectivity index (χ1v) is 2.69. The Hall–Kier alpha value is -0.410. The van der Waals surface area contributed by atoms with E-state index in [4.69, 9.17) is 9.47 Å². The molecular formula is C6H12O3. The molecule has 0 amide bonds. The second-order valence-corrected chi connectivity index (χ2v) is 2.07. The molecule has 0 aromatic rings. The van der Waals surface area contributed by atoms with Gasteiger partial charge < -0.3 is 14.3 Å². The van der Waals surface area contributed by atoms with Crippen LogP contribution in [0.2, 0.25) is 0 Å². The lowest BCUT2D eigenvalue weighted by atomic mass is 10.1. The van der Waals surface area contributed by atoms with Crippen molar-refractivity contribution in [2.45, 2.75) is 12.5 Å². The lowest BCUT2D eigenvalue weighted by molar-refractivity contribution is -0.131. The molecule has 0 aliphatic heterocycles. The van der Waals surface area contributed by atoms with Gasteiger partial charge in [0.15, 0.2) is 6.29 Å². The van der Waals surface area contributed by atoms with Gasteiger partial charge in [0, 0.05) is 14.2 Å². The van der Waals surface area contributed by atoms with E-state index in [1.807, 2.05) is 0 Å². The summed E-state index contributed by atoms with van der Waals surface area (Å²) < 4.78 is 9.57. The first-order valence-electron chi connectivity index (χ1n) is 2.69. The standard InChI is InChI=1S/C6H12O3/c1-6(4-7,9-3)5-8-2/h4H,5H2,1-3H3. The highest BCUT2D eigenvalue weighted by molar-refractivity contribution is 5.61. The molecule has 0 spiro atoms. The zero-order valence-electron chi connectivity index (χ0n) is 6.01. The Balaban J connectivity index is 3.76. The van der Waals surface area contributed by atoms with Gasteiger partial charge in [0.2, 0.25) is 0 Å². The number of aldehydes is 1. The molecule has 0 aliphatic rings. The van der Waals surface area contributed by atoms with Crippen LogP contribution in [0, 0.1) is 0 Å². The summed E-state index contributed by atoms with van der Waals surface area (Å²) in [5.74, 6) is 0. The fourth-order valence-corrected chi connectivity index (χ4v) is 0.428. The summed E-state index contributed by atoms with van der Waals surface area (Å²) in [4.78, 5) is 10.2. The van der Waals surface area contributed by atoms with Gasteiger partial charge in [-0.25, -0.2) is 0 Å². The van der Waals surface area contributed by atoms with Crippen molar-refractivity contribution in [3.8, 4) is 0 Å². The highest BCUT2D eigenvalue weighted by Gasteiger charge is 2.21. The van der Waals surface area contributed by atoms with Gasteiger partial charge in [0.25, 0.3) is 0 Å². The third kappa shape index (κ3) is 2.58. The molecule has 9 heavy (non-hydrogen) atoms. The number of rotatable bonds is 4. The van der Waals surface area contributed by atoms with Gasteiger partial charge in [0.05, 0.1) is 6.61 Å². The van der Waals surface area contributed by atoms with Crippen LogP contribution in [-0.2, 0) is 14.3 Å². The minimum absolute atomic E-state index is 0.299. The predicted molar refractivity (Wildman–Crippen MR) is 33.4 cm³/mol. The van der Waals surface area contributed by atoms with Gasteiger partial charge in [-0.1, -0.05) is 0 Å². The van der Waals surface area contributed by atoms with Crippen LogP contribution in [0.3, 0.4) is 0 Å². The third-order valence-corrected chi connectivity index (χ3v) is 1.15. The number of methoxy groups -OCH3 is 2. The van der Waals surface area contributed by atoms with E-state index in [1.165, 1.54) is 14.2 Å². The monoisotopic (exact) mass is 132 g/mol. The molecule has 0 N–H and O–H groups in total. The van der Waals surface area contributed by atoms with E-state index in [0.29, 0.717) is 6.61 Å². The first-order chi connectivity index (χ1) is 4.18. The summed E-state index contributed by atoms with van der Waals surface area (Å²) in [6.07, 6.45) is 0.733. The quantitative estimate of drug-likeness (QED) is 0.514. The molecule has 1 unspecified atom stereocenters. The summed E-state index contributed by atoms with van der Waals surface area (Å²) in [6.45, 7) is 1.97. The Labute approximate surface area is 55.0 Å². The summed E-state index contributed by atoms with van der Waals surface area (Å²) in [5, 5.41) is 0. The van der Waals surface area contributed by atoms with E-state index in [1.54, 1.807) is 6.92 Å². The van der Waals surface area contributed by atoms with E-state index >= 15 is 0 Å². The number of hydrogen-bond donors (Lipinski definition) is 0. The van der Waals surface area contributed by atoms with Crippen molar-refractivity contribution in [3.05, 3.63) is 0 Å². The van der Waals surface area contributed by atoms with E-state index < -0.39 is 5.60 Å². The SMILES string of the molecule is COCC(C)(C=O)OC. The zero-order valence-corrected chi connectivity index (χ0v) is 6.01. The molecule has 1 atom stereocenters. The number of carbonyl (C=O) groups excluding carboxylic acids is 1. The topological polar surface area (TPSA) is 35.5 Å². The van der Waals surface area contributed by atoms with Crippen LogP contribution in [0.25, 0.3) is 0 Å².